The van der Waals surface area contributed by atoms with Gasteiger partial charge in [0.1, 0.15) is 0 Å². The van der Waals surface area contributed by atoms with Crippen LogP contribution in [-0.2, 0) is 9.59 Å². The standard InChI is InChI=1S/C13H23NO3/c1-13(2,3)10(8-12(16)17)14-11(15)7-9-5-4-6-9/h9-10H,4-8H2,1-3H3,(H,14,15)(H,16,17). The molecule has 1 aliphatic carbocycles. The minimum atomic E-state index is -0.867. The van der Waals surface area contributed by atoms with E-state index in [1.165, 1.54) is 6.42 Å². The predicted molar refractivity (Wildman–Crippen MR) is 65.6 cm³/mol. The Labute approximate surface area is 103 Å². The van der Waals surface area contributed by atoms with Crippen LogP contribution < -0.4 is 5.32 Å². The van der Waals surface area contributed by atoms with Gasteiger partial charge in [0.2, 0.25) is 5.91 Å². The summed E-state index contributed by atoms with van der Waals surface area (Å²) in [5.41, 5.74) is -0.229. The first-order chi connectivity index (χ1) is 7.79. The van der Waals surface area contributed by atoms with Gasteiger partial charge in [0.25, 0.3) is 0 Å². The van der Waals surface area contributed by atoms with Crippen LogP contribution in [-0.4, -0.2) is 23.0 Å². The van der Waals surface area contributed by atoms with E-state index in [-0.39, 0.29) is 23.8 Å². The zero-order chi connectivity index (χ0) is 13.1. The first-order valence-corrected chi connectivity index (χ1v) is 6.30. The van der Waals surface area contributed by atoms with Crippen LogP contribution in [0, 0.1) is 11.3 Å². The summed E-state index contributed by atoms with van der Waals surface area (Å²) < 4.78 is 0. The minimum Gasteiger partial charge on any atom is -0.481 e. The Morgan fingerprint density at radius 3 is 2.29 bits per heavy atom. The first kappa shape index (κ1) is 14.0. The molecule has 1 atom stereocenters. The summed E-state index contributed by atoms with van der Waals surface area (Å²) in [5, 5.41) is 11.7. The molecule has 1 aliphatic rings. The summed E-state index contributed by atoms with van der Waals surface area (Å²) in [4.78, 5) is 22.6. The van der Waals surface area contributed by atoms with Crippen LogP contribution in [0.3, 0.4) is 0 Å². The molecule has 0 radical (unpaired) electrons. The van der Waals surface area contributed by atoms with Crippen molar-refractivity contribution < 1.29 is 14.7 Å². The number of aliphatic carboxylic acids is 1. The van der Waals surface area contributed by atoms with Gasteiger partial charge in [0.05, 0.1) is 6.42 Å². The van der Waals surface area contributed by atoms with E-state index >= 15 is 0 Å². The van der Waals surface area contributed by atoms with Crippen molar-refractivity contribution in [1.82, 2.24) is 5.32 Å². The fourth-order valence-corrected chi connectivity index (χ4v) is 1.96. The van der Waals surface area contributed by atoms with Gasteiger partial charge in [-0.15, -0.1) is 0 Å². The molecule has 0 aromatic rings. The van der Waals surface area contributed by atoms with Crippen molar-refractivity contribution >= 4 is 11.9 Å². The zero-order valence-electron chi connectivity index (χ0n) is 11.0. The number of carbonyl (C=O) groups is 2. The summed E-state index contributed by atoms with van der Waals surface area (Å²) in [6.07, 6.45) is 4.01. The molecule has 4 heteroatoms. The van der Waals surface area contributed by atoms with Crippen LogP contribution in [0.5, 0.6) is 0 Å². The van der Waals surface area contributed by atoms with Crippen LogP contribution in [0.15, 0.2) is 0 Å². The van der Waals surface area contributed by atoms with Gasteiger partial charge in [-0.05, 0) is 24.2 Å². The lowest BCUT2D eigenvalue weighted by Crippen LogP contribution is -2.45. The van der Waals surface area contributed by atoms with Crippen LogP contribution in [0.4, 0.5) is 0 Å². The van der Waals surface area contributed by atoms with E-state index in [0.717, 1.165) is 12.8 Å². The molecular weight excluding hydrogens is 218 g/mol. The molecule has 0 saturated heterocycles. The maximum absolute atomic E-state index is 11.8. The molecule has 1 saturated carbocycles. The quantitative estimate of drug-likeness (QED) is 0.775. The van der Waals surface area contributed by atoms with Crippen molar-refractivity contribution in [2.75, 3.05) is 0 Å². The smallest absolute Gasteiger partial charge is 0.305 e. The lowest BCUT2D eigenvalue weighted by molar-refractivity contribution is -0.138. The molecule has 0 bridgehead atoms. The second-order valence-corrected chi connectivity index (χ2v) is 6.09. The molecule has 4 nitrogen and oxygen atoms in total. The third-order valence-electron chi connectivity index (χ3n) is 3.46. The molecule has 0 aliphatic heterocycles. The maximum atomic E-state index is 11.8. The maximum Gasteiger partial charge on any atom is 0.305 e. The summed E-state index contributed by atoms with van der Waals surface area (Å²) in [5.74, 6) is -0.356. The van der Waals surface area contributed by atoms with Crippen molar-refractivity contribution in [1.29, 1.82) is 0 Å². The average Bonchev–Trinajstić information content (AvgIpc) is 2.08. The molecule has 1 unspecified atom stereocenters. The lowest BCUT2D eigenvalue weighted by atomic mass is 9.81. The second kappa shape index (κ2) is 5.52. The van der Waals surface area contributed by atoms with E-state index in [0.29, 0.717) is 12.3 Å². The van der Waals surface area contributed by atoms with E-state index < -0.39 is 5.97 Å². The Kier molecular flexibility index (Phi) is 4.54. The summed E-state index contributed by atoms with van der Waals surface area (Å²) in [6, 6.07) is -0.299. The van der Waals surface area contributed by atoms with Crippen LogP contribution >= 0.6 is 0 Å². The van der Waals surface area contributed by atoms with Gasteiger partial charge < -0.3 is 10.4 Å². The normalized spacial score (nSPS) is 18.3. The molecule has 0 aromatic carbocycles. The van der Waals surface area contributed by atoms with Gasteiger partial charge in [0, 0.05) is 12.5 Å². The third-order valence-corrected chi connectivity index (χ3v) is 3.46. The Morgan fingerprint density at radius 1 is 1.35 bits per heavy atom. The minimum absolute atomic E-state index is 0.00382. The Hall–Kier alpha value is -1.06. The van der Waals surface area contributed by atoms with Gasteiger partial charge in [-0.2, -0.15) is 0 Å². The highest BCUT2D eigenvalue weighted by atomic mass is 16.4. The Balaban J connectivity index is 2.46. The van der Waals surface area contributed by atoms with E-state index in [9.17, 15) is 9.59 Å². The number of carboxylic acid groups (broad SMARTS) is 1. The Morgan fingerprint density at radius 2 is 1.94 bits per heavy atom. The van der Waals surface area contributed by atoms with Crippen LogP contribution in [0.1, 0.15) is 52.9 Å². The average molecular weight is 241 g/mol. The SMILES string of the molecule is CC(C)(C)C(CC(=O)O)NC(=O)CC1CCC1. The monoisotopic (exact) mass is 241 g/mol. The van der Waals surface area contributed by atoms with Crippen molar-refractivity contribution in [3.8, 4) is 0 Å². The van der Waals surface area contributed by atoms with Crippen LogP contribution in [0.25, 0.3) is 0 Å². The number of nitrogens with one attached hydrogen (secondary N) is 1. The molecule has 1 amide bonds. The molecular formula is C13H23NO3. The summed E-state index contributed by atoms with van der Waals surface area (Å²) in [6.45, 7) is 5.85. The van der Waals surface area contributed by atoms with Gasteiger partial charge in [-0.3, -0.25) is 9.59 Å². The summed E-state index contributed by atoms with van der Waals surface area (Å²) >= 11 is 0. The third kappa shape index (κ3) is 4.75. The molecule has 1 rings (SSSR count). The van der Waals surface area contributed by atoms with E-state index in [2.05, 4.69) is 5.32 Å². The van der Waals surface area contributed by atoms with Gasteiger partial charge in [0.15, 0.2) is 0 Å². The molecule has 2 N–H and O–H groups in total. The highest BCUT2D eigenvalue weighted by Crippen LogP contribution is 2.29. The van der Waals surface area contributed by atoms with Crippen molar-refractivity contribution in [2.24, 2.45) is 11.3 Å². The van der Waals surface area contributed by atoms with Crippen LogP contribution in [0.2, 0.25) is 0 Å². The number of rotatable bonds is 5. The zero-order valence-corrected chi connectivity index (χ0v) is 11.0. The Bertz CT molecular complexity index is 290. The predicted octanol–water partition coefficient (Wildman–Crippen LogP) is 2.18. The first-order valence-electron chi connectivity index (χ1n) is 6.30. The number of hydrogen-bond acceptors (Lipinski definition) is 2. The topological polar surface area (TPSA) is 66.4 Å². The highest BCUT2D eigenvalue weighted by Gasteiger charge is 2.29. The highest BCUT2D eigenvalue weighted by molar-refractivity contribution is 5.77. The second-order valence-electron chi connectivity index (χ2n) is 6.09. The molecule has 17 heavy (non-hydrogen) atoms. The molecule has 1 fully saturated rings. The van der Waals surface area contributed by atoms with Crippen molar-refractivity contribution in [3.63, 3.8) is 0 Å². The fraction of sp³-hybridized carbons (Fsp3) is 0.846. The van der Waals surface area contributed by atoms with Gasteiger partial charge >= 0.3 is 5.97 Å². The van der Waals surface area contributed by atoms with Gasteiger partial charge in [-0.25, -0.2) is 0 Å². The van der Waals surface area contributed by atoms with Crippen molar-refractivity contribution in [3.05, 3.63) is 0 Å². The molecule has 98 valence electrons. The number of carboxylic acids is 1. The van der Waals surface area contributed by atoms with E-state index in [1.54, 1.807) is 0 Å². The number of hydrogen-bond donors (Lipinski definition) is 2. The number of carbonyl (C=O) groups excluding carboxylic acids is 1. The van der Waals surface area contributed by atoms with Gasteiger partial charge in [-0.1, -0.05) is 27.2 Å². The largest absolute Gasteiger partial charge is 0.481 e. The molecule has 0 aromatic heterocycles. The lowest BCUT2D eigenvalue weighted by Gasteiger charge is -2.32. The number of amides is 1. The van der Waals surface area contributed by atoms with E-state index in [4.69, 9.17) is 5.11 Å². The van der Waals surface area contributed by atoms with E-state index in [1.807, 2.05) is 20.8 Å². The summed E-state index contributed by atoms with van der Waals surface area (Å²) in [7, 11) is 0. The van der Waals surface area contributed by atoms with Crippen molar-refractivity contribution in [2.45, 2.75) is 58.9 Å². The molecule has 0 spiro atoms. The molecule has 0 heterocycles. The fourth-order valence-electron chi connectivity index (χ4n) is 1.96.